The smallest absolute Gasteiger partial charge is 0.342 e. The number of rotatable bonds is 7. The zero-order chi connectivity index (χ0) is 20.0. The van der Waals surface area contributed by atoms with Gasteiger partial charge in [0.25, 0.3) is 5.91 Å². The summed E-state index contributed by atoms with van der Waals surface area (Å²) >= 11 is 6.07. The largest absolute Gasteiger partial charge is 0.449 e. The van der Waals surface area contributed by atoms with Gasteiger partial charge < -0.3 is 10.1 Å². The SMILES string of the molecule is CC[C@H](CNC(=O)[C@H](C)OC(=O)c1c(C)cc(C)nc1Cl)c1ccccc1. The summed E-state index contributed by atoms with van der Waals surface area (Å²) in [4.78, 5) is 28.8. The Morgan fingerprint density at radius 3 is 2.48 bits per heavy atom. The molecule has 0 saturated carbocycles. The minimum atomic E-state index is -0.928. The number of pyridine rings is 1. The molecular formula is C21H25ClN2O3. The number of halogens is 1. The summed E-state index contributed by atoms with van der Waals surface area (Å²) in [5, 5.41) is 2.95. The van der Waals surface area contributed by atoms with Crippen molar-refractivity contribution >= 4 is 23.5 Å². The third kappa shape index (κ3) is 5.54. The molecule has 0 bridgehead atoms. The molecule has 1 N–H and O–H groups in total. The summed E-state index contributed by atoms with van der Waals surface area (Å²) in [5.41, 5.74) is 2.74. The van der Waals surface area contributed by atoms with E-state index in [1.165, 1.54) is 0 Å². The maximum absolute atomic E-state index is 12.4. The Morgan fingerprint density at radius 2 is 1.89 bits per heavy atom. The van der Waals surface area contributed by atoms with Crippen LogP contribution in [0.2, 0.25) is 5.15 Å². The van der Waals surface area contributed by atoms with Crippen LogP contribution in [0, 0.1) is 13.8 Å². The number of nitrogens with one attached hydrogen (secondary N) is 1. The van der Waals surface area contributed by atoms with Crippen LogP contribution in [0.15, 0.2) is 36.4 Å². The van der Waals surface area contributed by atoms with E-state index in [1.807, 2.05) is 30.3 Å². The number of hydrogen-bond acceptors (Lipinski definition) is 4. The first kappa shape index (κ1) is 20.9. The van der Waals surface area contributed by atoms with E-state index in [2.05, 4.69) is 17.2 Å². The van der Waals surface area contributed by atoms with Crippen LogP contribution in [0.5, 0.6) is 0 Å². The molecule has 0 saturated heterocycles. The van der Waals surface area contributed by atoms with Gasteiger partial charge in [-0.3, -0.25) is 4.79 Å². The Morgan fingerprint density at radius 1 is 1.22 bits per heavy atom. The third-order valence-electron chi connectivity index (χ3n) is 4.44. The van der Waals surface area contributed by atoms with Crippen LogP contribution in [0.1, 0.15) is 53.4 Å². The number of amides is 1. The van der Waals surface area contributed by atoms with Gasteiger partial charge >= 0.3 is 5.97 Å². The normalized spacial score (nSPS) is 12.9. The molecule has 0 fully saturated rings. The lowest BCUT2D eigenvalue weighted by molar-refractivity contribution is -0.129. The number of nitrogens with zero attached hydrogens (tertiary/aromatic N) is 1. The Bertz CT molecular complexity index is 785. The monoisotopic (exact) mass is 388 g/mol. The lowest BCUT2D eigenvalue weighted by Crippen LogP contribution is -2.38. The van der Waals surface area contributed by atoms with Crippen molar-refractivity contribution in [1.29, 1.82) is 0 Å². The van der Waals surface area contributed by atoms with Gasteiger partial charge in [0.2, 0.25) is 0 Å². The molecule has 2 rings (SSSR count). The molecule has 1 aromatic heterocycles. The van der Waals surface area contributed by atoms with Crippen LogP contribution in [0.3, 0.4) is 0 Å². The zero-order valence-corrected chi connectivity index (χ0v) is 16.8. The van der Waals surface area contributed by atoms with Gasteiger partial charge in [-0.25, -0.2) is 9.78 Å². The molecule has 27 heavy (non-hydrogen) atoms. The summed E-state index contributed by atoms with van der Waals surface area (Å²) in [6.45, 7) is 7.64. The lowest BCUT2D eigenvalue weighted by atomic mass is 9.96. The second kappa shape index (κ2) is 9.51. The van der Waals surface area contributed by atoms with Crippen molar-refractivity contribution in [1.82, 2.24) is 10.3 Å². The Balaban J connectivity index is 1.96. The maximum atomic E-state index is 12.4. The fourth-order valence-corrected chi connectivity index (χ4v) is 3.26. The van der Waals surface area contributed by atoms with Crippen molar-refractivity contribution in [3.8, 4) is 0 Å². The van der Waals surface area contributed by atoms with Gasteiger partial charge in [0, 0.05) is 18.2 Å². The summed E-state index contributed by atoms with van der Waals surface area (Å²) in [6, 6.07) is 11.7. The van der Waals surface area contributed by atoms with E-state index in [9.17, 15) is 9.59 Å². The summed E-state index contributed by atoms with van der Waals surface area (Å²) in [5.74, 6) is -0.787. The van der Waals surface area contributed by atoms with Crippen LogP contribution in [-0.4, -0.2) is 29.5 Å². The standard InChI is InChI=1S/C21H25ClN2O3/c1-5-16(17-9-7-6-8-10-17)12-23-20(25)15(4)27-21(26)18-13(2)11-14(3)24-19(18)22/h6-11,15-16H,5,12H2,1-4H3,(H,23,25)/t15-,16+/m0/s1. The first-order valence-corrected chi connectivity index (χ1v) is 9.38. The van der Waals surface area contributed by atoms with Gasteiger partial charge in [0.15, 0.2) is 6.10 Å². The second-order valence-corrected chi connectivity index (χ2v) is 6.91. The predicted octanol–water partition coefficient (Wildman–Crippen LogP) is 4.21. The third-order valence-corrected chi connectivity index (χ3v) is 4.72. The number of esters is 1. The Labute approximate surface area is 165 Å². The zero-order valence-electron chi connectivity index (χ0n) is 16.1. The van der Waals surface area contributed by atoms with Gasteiger partial charge in [-0.1, -0.05) is 48.9 Å². The van der Waals surface area contributed by atoms with Crippen molar-refractivity contribution in [2.24, 2.45) is 0 Å². The minimum Gasteiger partial charge on any atom is -0.449 e. The molecule has 0 aliphatic heterocycles. The average Bonchev–Trinajstić information content (AvgIpc) is 2.62. The highest BCUT2D eigenvalue weighted by Crippen LogP contribution is 2.21. The molecule has 1 amide bonds. The van der Waals surface area contributed by atoms with Crippen LogP contribution in [0.25, 0.3) is 0 Å². The molecule has 0 aliphatic carbocycles. The first-order valence-electron chi connectivity index (χ1n) is 9.00. The molecule has 2 atom stereocenters. The number of hydrogen-bond donors (Lipinski definition) is 1. The molecule has 0 unspecified atom stereocenters. The van der Waals surface area contributed by atoms with E-state index in [-0.39, 0.29) is 22.5 Å². The van der Waals surface area contributed by atoms with Crippen molar-refractivity contribution in [3.05, 3.63) is 63.9 Å². The molecule has 5 nitrogen and oxygen atoms in total. The van der Waals surface area contributed by atoms with E-state index in [1.54, 1.807) is 26.8 Å². The van der Waals surface area contributed by atoms with Crippen molar-refractivity contribution in [3.63, 3.8) is 0 Å². The average molecular weight is 389 g/mol. The number of carbonyl (C=O) groups is 2. The molecule has 2 aromatic rings. The fourth-order valence-electron chi connectivity index (χ4n) is 2.90. The molecule has 1 aromatic carbocycles. The highest BCUT2D eigenvalue weighted by molar-refractivity contribution is 6.32. The molecule has 0 radical (unpaired) electrons. The van der Waals surface area contributed by atoms with Crippen LogP contribution < -0.4 is 5.32 Å². The highest BCUT2D eigenvalue weighted by atomic mass is 35.5. The maximum Gasteiger partial charge on any atom is 0.342 e. The predicted molar refractivity (Wildman–Crippen MR) is 106 cm³/mol. The van der Waals surface area contributed by atoms with E-state index in [0.717, 1.165) is 12.0 Å². The van der Waals surface area contributed by atoms with Gasteiger partial charge in [-0.15, -0.1) is 0 Å². The van der Waals surface area contributed by atoms with E-state index in [0.29, 0.717) is 17.8 Å². The molecule has 6 heteroatoms. The molecule has 0 spiro atoms. The highest BCUT2D eigenvalue weighted by Gasteiger charge is 2.23. The van der Waals surface area contributed by atoms with Gasteiger partial charge in [-0.05, 0) is 44.4 Å². The van der Waals surface area contributed by atoms with Crippen LogP contribution in [-0.2, 0) is 9.53 Å². The quantitative estimate of drug-likeness (QED) is 0.570. The fraction of sp³-hybridized carbons (Fsp3) is 0.381. The Hall–Kier alpha value is -2.40. The number of aryl methyl sites for hydroxylation is 2. The molecule has 1 heterocycles. The van der Waals surface area contributed by atoms with Crippen LogP contribution >= 0.6 is 11.6 Å². The van der Waals surface area contributed by atoms with Gasteiger partial charge in [0.1, 0.15) is 5.15 Å². The first-order chi connectivity index (χ1) is 12.8. The topological polar surface area (TPSA) is 68.3 Å². The van der Waals surface area contributed by atoms with E-state index < -0.39 is 12.1 Å². The van der Waals surface area contributed by atoms with Crippen molar-refractivity contribution in [2.45, 2.75) is 46.1 Å². The number of ether oxygens (including phenoxy) is 1. The summed E-state index contributed by atoms with van der Waals surface area (Å²) in [7, 11) is 0. The molecular weight excluding hydrogens is 364 g/mol. The van der Waals surface area contributed by atoms with Gasteiger partial charge in [-0.2, -0.15) is 0 Å². The van der Waals surface area contributed by atoms with Crippen LogP contribution in [0.4, 0.5) is 0 Å². The minimum absolute atomic E-state index is 0.0835. The molecule has 144 valence electrons. The van der Waals surface area contributed by atoms with Crippen molar-refractivity contribution in [2.75, 3.05) is 6.54 Å². The number of aromatic nitrogens is 1. The lowest BCUT2D eigenvalue weighted by Gasteiger charge is -2.19. The summed E-state index contributed by atoms with van der Waals surface area (Å²) in [6.07, 6.45) is -0.0370. The second-order valence-electron chi connectivity index (χ2n) is 6.55. The van der Waals surface area contributed by atoms with E-state index in [4.69, 9.17) is 16.3 Å². The number of carbonyl (C=O) groups excluding carboxylic acids is 2. The Kier molecular flexibility index (Phi) is 7.36. The number of benzene rings is 1. The van der Waals surface area contributed by atoms with E-state index >= 15 is 0 Å². The van der Waals surface area contributed by atoms with Crippen molar-refractivity contribution < 1.29 is 14.3 Å². The summed E-state index contributed by atoms with van der Waals surface area (Å²) < 4.78 is 5.30. The van der Waals surface area contributed by atoms with Gasteiger partial charge in [0.05, 0.1) is 5.56 Å². The molecule has 0 aliphatic rings.